The summed E-state index contributed by atoms with van der Waals surface area (Å²) in [5, 5.41) is 14.5. The van der Waals surface area contributed by atoms with Gasteiger partial charge in [0.05, 0.1) is 19.8 Å². The molecular formula is C21H19N5O4. The zero-order chi connectivity index (χ0) is 21.3. The van der Waals surface area contributed by atoms with Gasteiger partial charge in [-0.2, -0.15) is 4.68 Å². The number of hydrogen-bond acceptors (Lipinski definition) is 8. The Labute approximate surface area is 172 Å². The number of aryl methyl sites for hydroxylation is 1. The molecule has 1 atom stereocenters. The number of ketones is 1. The zero-order valence-electron chi connectivity index (χ0n) is 16.6. The molecule has 1 aliphatic heterocycles. The molecule has 0 spiro atoms. The van der Waals surface area contributed by atoms with Crippen LogP contribution >= 0.6 is 0 Å². The summed E-state index contributed by atoms with van der Waals surface area (Å²) >= 11 is 0. The van der Waals surface area contributed by atoms with E-state index in [1.807, 2.05) is 31.2 Å². The highest BCUT2D eigenvalue weighted by Crippen LogP contribution is 2.36. The molecular weight excluding hydrogens is 386 g/mol. The van der Waals surface area contributed by atoms with Gasteiger partial charge in [0.25, 0.3) is 0 Å². The van der Waals surface area contributed by atoms with E-state index in [1.54, 1.807) is 31.4 Å². The van der Waals surface area contributed by atoms with Crippen molar-refractivity contribution < 1.29 is 19.1 Å². The highest BCUT2D eigenvalue weighted by Gasteiger charge is 2.38. The largest absolute Gasteiger partial charge is 0.497 e. The van der Waals surface area contributed by atoms with Crippen LogP contribution < -0.4 is 10.1 Å². The van der Waals surface area contributed by atoms with Gasteiger partial charge in [0, 0.05) is 5.56 Å². The van der Waals surface area contributed by atoms with Crippen LogP contribution in [0.5, 0.6) is 5.75 Å². The zero-order valence-corrected chi connectivity index (χ0v) is 16.6. The van der Waals surface area contributed by atoms with Crippen LogP contribution in [0.2, 0.25) is 0 Å². The van der Waals surface area contributed by atoms with Gasteiger partial charge in [-0.25, -0.2) is 4.79 Å². The minimum Gasteiger partial charge on any atom is -0.497 e. The van der Waals surface area contributed by atoms with E-state index in [-0.39, 0.29) is 23.0 Å². The number of ether oxygens (including phenoxy) is 2. The van der Waals surface area contributed by atoms with Gasteiger partial charge >= 0.3 is 5.97 Å². The summed E-state index contributed by atoms with van der Waals surface area (Å²) in [5.74, 6) is -0.170. The number of allylic oxidation sites excluding steroid dienone is 1. The smallest absolute Gasteiger partial charge is 0.355 e. The summed E-state index contributed by atoms with van der Waals surface area (Å²) in [5.41, 5.74) is 2.41. The maximum absolute atomic E-state index is 13.6. The first-order valence-corrected chi connectivity index (χ1v) is 9.16. The molecule has 1 aliphatic rings. The van der Waals surface area contributed by atoms with Crippen LogP contribution in [0.3, 0.4) is 0 Å². The SMILES string of the molecule is COC(=O)C1=C(C(=O)c2ccc(OC)cc2)[C@H](c2ccc(C)cc2)n2nnnc2N1. The van der Waals surface area contributed by atoms with E-state index in [1.165, 1.54) is 11.8 Å². The van der Waals surface area contributed by atoms with Crippen LogP contribution in [0.15, 0.2) is 59.8 Å². The van der Waals surface area contributed by atoms with E-state index in [0.29, 0.717) is 11.3 Å². The normalized spacial score (nSPS) is 15.2. The van der Waals surface area contributed by atoms with E-state index in [2.05, 4.69) is 20.8 Å². The van der Waals surface area contributed by atoms with Gasteiger partial charge in [0.2, 0.25) is 5.95 Å². The van der Waals surface area contributed by atoms with Crippen LogP contribution in [-0.4, -0.2) is 46.2 Å². The quantitative estimate of drug-likeness (QED) is 0.509. The summed E-state index contributed by atoms with van der Waals surface area (Å²) in [7, 11) is 2.80. The Morgan fingerprint density at radius 2 is 1.73 bits per heavy atom. The lowest BCUT2D eigenvalue weighted by molar-refractivity contribution is -0.136. The lowest BCUT2D eigenvalue weighted by atomic mass is 9.89. The number of Topliss-reactive ketones (excluding diaryl/α,β-unsaturated/α-hetero) is 1. The maximum atomic E-state index is 13.6. The van der Waals surface area contributed by atoms with Crippen LogP contribution in [0.1, 0.15) is 27.5 Å². The average molecular weight is 405 g/mol. The van der Waals surface area contributed by atoms with Gasteiger partial charge in [-0.05, 0) is 47.2 Å². The first kappa shape index (κ1) is 19.3. The molecule has 0 bridgehead atoms. The fourth-order valence-corrected chi connectivity index (χ4v) is 3.34. The molecule has 1 aromatic heterocycles. The molecule has 0 aliphatic carbocycles. The Morgan fingerprint density at radius 1 is 1.03 bits per heavy atom. The van der Waals surface area contributed by atoms with Gasteiger partial charge in [0.1, 0.15) is 17.5 Å². The van der Waals surface area contributed by atoms with E-state index in [0.717, 1.165) is 11.1 Å². The fourth-order valence-electron chi connectivity index (χ4n) is 3.34. The molecule has 0 fully saturated rings. The highest BCUT2D eigenvalue weighted by molar-refractivity contribution is 6.14. The van der Waals surface area contributed by atoms with E-state index >= 15 is 0 Å². The predicted molar refractivity (Wildman–Crippen MR) is 107 cm³/mol. The highest BCUT2D eigenvalue weighted by atomic mass is 16.5. The number of hydrogen-bond donors (Lipinski definition) is 1. The molecule has 152 valence electrons. The van der Waals surface area contributed by atoms with Gasteiger partial charge in [-0.3, -0.25) is 4.79 Å². The number of methoxy groups -OCH3 is 2. The molecule has 0 amide bonds. The number of tetrazole rings is 1. The van der Waals surface area contributed by atoms with Crippen LogP contribution in [0, 0.1) is 6.92 Å². The van der Waals surface area contributed by atoms with E-state index in [9.17, 15) is 9.59 Å². The fraction of sp³-hybridized carbons (Fsp3) is 0.190. The van der Waals surface area contributed by atoms with Crippen molar-refractivity contribution in [3.05, 3.63) is 76.5 Å². The average Bonchev–Trinajstić information content (AvgIpc) is 3.26. The second-order valence-corrected chi connectivity index (χ2v) is 6.72. The topological polar surface area (TPSA) is 108 Å². The lowest BCUT2D eigenvalue weighted by Crippen LogP contribution is -2.32. The molecule has 2 heterocycles. The number of rotatable bonds is 5. The first-order chi connectivity index (χ1) is 14.5. The summed E-state index contributed by atoms with van der Waals surface area (Å²) in [6.45, 7) is 1.97. The van der Waals surface area contributed by atoms with Gasteiger partial charge in [-0.1, -0.05) is 34.9 Å². The second-order valence-electron chi connectivity index (χ2n) is 6.72. The Bertz CT molecular complexity index is 1130. The Morgan fingerprint density at radius 3 is 2.37 bits per heavy atom. The molecule has 0 saturated heterocycles. The third-order valence-electron chi connectivity index (χ3n) is 4.90. The number of anilines is 1. The Hall–Kier alpha value is -4.01. The van der Waals surface area contributed by atoms with Crippen LogP contribution in [0.4, 0.5) is 5.95 Å². The van der Waals surface area contributed by atoms with Crippen molar-refractivity contribution in [3.8, 4) is 5.75 Å². The molecule has 0 unspecified atom stereocenters. The molecule has 9 nitrogen and oxygen atoms in total. The number of nitrogens with zero attached hydrogens (tertiary/aromatic N) is 4. The second kappa shape index (κ2) is 7.78. The van der Waals surface area contributed by atoms with E-state index < -0.39 is 12.0 Å². The first-order valence-electron chi connectivity index (χ1n) is 9.16. The van der Waals surface area contributed by atoms with Crippen LogP contribution in [0.25, 0.3) is 0 Å². The van der Waals surface area contributed by atoms with Crippen molar-refractivity contribution >= 4 is 17.7 Å². The summed E-state index contributed by atoms with van der Waals surface area (Å²) in [6, 6.07) is 13.6. The standard InChI is InChI=1S/C21H19N5O4/c1-12-4-6-13(7-5-12)18-16(19(27)14-8-10-15(29-2)11-9-14)17(20(28)30-3)22-21-23-24-25-26(18)21/h4-11,18H,1-3H3,(H,22,23,25)/t18-/m0/s1. The van der Waals surface area contributed by atoms with Gasteiger partial charge in [0.15, 0.2) is 5.78 Å². The number of carbonyl (C=O) groups excluding carboxylic acids is 2. The van der Waals surface area contributed by atoms with Gasteiger partial charge in [-0.15, -0.1) is 0 Å². The molecule has 4 rings (SSSR count). The monoisotopic (exact) mass is 405 g/mol. The molecule has 30 heavy (non-hydrogen) atoms. The van der Waals surface area contributed by atoms with Crippen molar-refractivity contribution in [1.82, 2.24) is 20.2 Å². The third-order valence-corrected chi connectivity index (χ3v) is 4.90. The van der Waals surface area contributed by atoms with Crippen molar-refractivity contribution in [2.24, 2.45) is 0 Å². The number of esters is 1. The molecule has 2 aromatic carbocycles. The van der Waals surface area contributed by atoms with Gasteiger partial charge < -0.3 is 14.8 Å². The van der Waals surface area contributed by atoms with Crippen LogP contribution in [-0.2, 0) is 9.53 Å². The molecule has 0 radical (unpaired) electrons. The van der Waals surface area contributed by atoms with Crippen molar-refractivity contribution in [2.75, 3.05) is 19.5 Å². The Balaban J connectivity index is 1.91. The minimum absolute atomic E-state index is 0.00573. The number of benzene rings is 2. The Kier molecular flexibility index (Phi) is 5.01. The number of fused-ring (bicyclic) bond motifs is 1. The maximum Gasteiger partial charge on any atom is 0.355 e. The molecule has 1 N–H and O–H groups in total. The minimum atomic E-state index is -0.708. The summed E-state index contributed by atoms with van der Waals surface area (Å²) in [6.07, 6.45) is 0. The van der Waals surface area contributed by atoms with E-state index in [4.69, 9.17) is 9.47 Å². The predicted octanol–water partition coefficient (Wildman–Crippen LogP) is 2.32. The number of nitrogens with one attached hydrogen (secondary N) is 1. The van der Waals surface area contributed by atoms with Crippen molar-refractivity contribution in [3.63, 3.8) is 0 Å². The molecule has 9 heteroatoms. The van der Waals surface area contributed by atoms with Crippen molar-refractivity contribution in [1.29, 1.82) is 0 Å². The number of carbonyl (C=O) groups is 2. The molecule has 0 saturated carbocycles. The number of aromatic nitrogens is 4. The molecule has 3 aromatic rings. The van der Waals surface area contributed by atoms with Crippen molar-refractivity contribution in [2.45, 2.75) is 13.0 Å². The summed E-state index contributed by atoms with van der Waals surface area (Å²) in [4.78, 5) is 26.2. The summed E-state index contributed by atoms with van der Waals surface area (Å²) < 4.78 is 11.6. The third kappa shape index (κ3) is 3.30. The lowest BCUT2D eigenvalue weighted by Gasteiger charge is -2.28.